The zero-order valence-corrected chi connectivity index (χ0v) is 14.4. The molecule has 1 saturated heterocycles. The van der Waals surface area contributed by atoms with E-state index in [1.54, 1.807) is 0 Å². The van der Waals surface area contributed by atoms with Crippen molar-refractivity contribution in [3.05, 3.63) is 23.4 Å². The predicted octanol–water partition coefficient (Wildman–Crippen LogP) is 3.77. The zero-order valence-electron chi connectivity index (χ0n) is 14.4. The number of rotatable bonds is 4. The van der Waals surface area contributed by atoms with Gasteiger partial charge in [-0.05, 0) is 63.6 Å². The highest BCUT2D eigenvalue weighted by molar-refractivity contribution is 5.43. The molecule has 118 valence electrons. The minimum Gasteiger partial charge on any atom is -0.356 e. The first-order valence-electron chi connectivity index (χ1n) is 8.37. The standard InChI is InChI=1S/C18H31N3/c1-6-16-10-15(12-19-18(3,4)5)11-17(20-16)21-9-7-8-14(2)13-21/h10-11,14,19H,6-9,12-13H2,1-5H3. The summed E-state index contributed by atoms with van der Waals surface area (Å²) < 4.78 is 0. The fourth-order valence-electron chi connectivity index (χ4n) is 2.84. The van der Waals surface area contributed by atoms with E-state index in [4.69, 9.17) is 4.98 Å². The molecule has 0 radical (unpaired) electrons. The van der Waals surface area contributed by atoms with Gasteiger partial charge in [-0.15, -0.1) is 0 Å². The first-order chi connectivity index (χ1) is 9.87. The van der Waals surface area contributed by atoms with Crippen molar-refractivity contribution in [1.29, 1.82) is 0 Å². The van der Waals surface area contributed by atoms with E-state index in [2.05, 4.69) is 57.0 Å². The summed E-state index contributed by atoms with van der Waals surface area (Å²) in [4.78, 5) is 7.32. The van der Waals surface area contributed by atoms with Gasteiger partial charge in [-0.25, -0.2) is 4.98 Å². The first kappa shape index (κ1) is 16.3. The molecule has 2 rings (SSSR count). The van der Waals surface area contributed by atoms with Gasteiger partial charge in [0.1, 0.15) is 5.82 Å². The predicted molar refractivity (Wildman–Crippen MR) is 90.8 cm³/mol. The topological polar surface area (TPSA) is 28.2 Å². The Kier molecular flexibility index (Phi) is 5.26. The van der Waals surface area contributed by atoms with Crippen LogP contribution < -0.4 is 10.2 Å². The van der Waals surface area contributed by atoms with Gasteiger partial charge in [0.25, 0.3) is 0 Å². The zero-order chi connectivity index (χ0) is 15.5. The summed E-state index contributed by atoms with van der Waals surface area (Å²) in [6, 6.07) is 4.52. The number of nitrogens with one attached hydrogen (secondary N) is 1. The molecule has 21 heavy (non-hydrogen) atoms. The van der Waals surface area contributed by atoms with Gasteiger partial charge >= 0.3 is 0 Å². The number of hydrogen-bond acceptors (Lipinski definition) is 3. The highest BCUT2D eigenvalue weighted by Gasteiger charge is 2.18. The van der Waals surface area contributed by atoms with Crippen LogP contribution in [-0.4, -0.2) is 23.6 Å². The average Bonchev–Trinajstić information content (AvgIpc) is 2.44. The molecule has 1 aromatic heterocycles. The van der Waals surface area contributed by atoms with Crippen LogP contribution in [0.25, 0.3) is 0 Å². The Balaban J connectivity index is 2.16. The fraction of sp³-hybridized carbons (Fsp3) is 0.722. The quantitative estimate of drug-likeness (QED) is 0.914. The second-order valence-electron chi connectivity index (χ2n) is 7.48. The van der Waals surface area contributed by atoms with E-state index < -0.39 is 0 Å². The lowest BCUT2D eigenvalue weighted by atomic mass is 10.00. The van der Waals surface area contributed by atoms with E-state index in [1.165, 1.54) is 29.9 Å². The maximum atomic E-state index is 4.85. The number of piperidine rings is 1. The number of aromatic nitrogens is 1. The van der Waals surface area contributed by atoms with Crippen molar-refractivity contribution in [2.75, 3.05) is 18.0 Å². The van der Waals surface area contributed by atoms with Crippen molar-refractivity contribution < 1.29 is 0 Å². The van der Waals surface area contributed by atoms with Crippen molar-refractivity contribution in [1.82, 2.24) is 10.3 Å². The van der Waals surface area contributed by atoms with Crippen LogP contribution in [0.15, 0.2) is 12.1 Å². The Morgan fingerprint density at radius 3 is 2.71 bits per heavy atom. The van der Waals surface area contributed by atoms with E-state index in [-0.39, 0.29) is 5.54 Å². The second kappa shape index (κ2) is 6.78. The molecule has 0 spiro atoms. The molecular formula is C18H31N3. The summed E-state index contributed by atoms with van der Waals surface area (Å²) in [5, 5.41) is 3.58. The molecule has 1 aliphatic heterocycles. The normalized spacial score (nSPS) is 19.9. The summed E-state index contributed by atoms with van der Waals surface area (Å²) in [5.74, 6) is 1.95. The Bertz CT molecular complexity index is 462. The monoisotopic (exact) mass is 289 g/mol. The van der Waals surface area contributed by atoms with Gasteiger partial charge in [-0.3, -0.25) is 0 Å². The lowest BCUT2D eigenvalue weighted by Crippen LogP contribution is -2.36. The molecule has 1 N–H and O–H groups in total. The molecule has 1 aromatic rings. The van der Waals surface area contributed by atoms with Gasteiger partial charge in [0.15, 0.2) is 0 Å². The molecule has 2 heterocycles. The van der Waals surface area contributed by atoms with Crippen LogP contribution in [0.1, 0.15) is 58.7 Å². The highest BCUT2D eigenvalue weighted by atomic mass is 15.2. The first-order valence-corrected chi connectivity index (χ1v) is 8.37. The third-order valence-corrected chi connectivity index (χ3v) is 4.09. The maximum absolute atomic E-state index is 4.85. The van der Waals surface area contributed by atoms with Gasteiger partial charge in [0.2, 0.25) is 0 Å². The molecule has 3 heteroatoms. The largest absolute Gasteiger partial charge is 0.356 e. The van der Waals surface area contributed by atoms with Crippen LogP contribution in [0.4, 0.5) is 5.82 Å². The minimum absolute atomic E-state index is 0.148. The molecule has 0 aliphatic carbocycles. The van der Waals surface area contributed by atoms with Crippen LogP contribution in [-0.2, 0) is 13.0 Å². The van der Waals surface area contributed by atoms with Crippen molar-refractivity contribution in [3.8, 4) is 0 Å². The Labute approximate surface area is 130 Å². The molecule has 1 atom stereocenters. The maximum Gasteiger partial charge on any atom is 0.129 e. The second-order valence-corrected chi connectivity index (χ2v) is 7.48. The van der Waals surface area contributed by atoms with Gasteiger partial charge in [0, 0.05) is 30.9 Å². The summed E-state index contributed by atoms with van der Waals surface area (Å²) in [6.07, 6.45) is 3.64. The summed E-state index contributed by atoms with van der Waals surface area (Å²) in [6.45, 7) is 14.4. The molecule has 0 bridgehead atoms. The molecule has 3 nitrogen and oxygen atoms in total. The van der Waals surface area contributed by atoms with E-state index in [1.807, 2.05) is 0 Å². The Hall–Kier alpha value is -1.09. The van der Waals surface area contributed by atoms with Crippen LogP contribution in [0, 0.1) is 5.92 Å². The van der Waals surface area contributed by atoms with Crippen molar-refractivity contribution in [2.45, 2.75) is 66.0 Å². The SMILES string of the molecule is CCc1cc(CNC(C)(C)C)cc(N2CCCC(C)C2)n1. The molecular weight excluding hydrogens is 258 g/mol. The molecule has 1 aliphatic rings. The van der Waals surface area contributed by atoms with Crippen LogP contribution in [0.3, 0.4) is 0 Å². The van der Waals surface area contributed by atoms with Crippen LogP contribution in [0.2, 0.25) is 0 Å². The van der Waals surface area contributed by atoms with Crippen molar-refractivity contribution in [3.63, 3.8) is 0 Å². The lowest BCUT2D eigenvalue weighted by Gasteiger charge is -2.32. The molecule has 0 amide bonds. The Morgan fingerprint density at radius 2 is 2.10 bits per heavy atom. The van der Waals surface area contributed by atoms with E-state index in [0.717, 1.165) is 32.0 Å². The molecule has 1 unspecified atom stereocenters. The summed E-state index contributed by atoms with van der Waals surface area (Å²) in [7, 11) is 0. The smallest absolute Gasteiger partial charge is 0.129 e. The fourth-order valence-corrected chi connectivity index (χ4v) is 2.84. The average molecular weight is 289 g/mol. The number of hydrogen-bond donors (Lipinski definition) is 1. The van der Waals surface area contributed by atoms with E-state index >= 15 is 0 Å². The molecule has 0 saturated carbocycles. The van der Waals surface area contributed by atoms with Crippen molar-refractivity contribution in [2.24, 2.45) is 5.92 Å². The van der Waals surface area contributed by atoms with Crippen LogP contribution >= 0.6 is 0 Å². The van der Waals surface area contributed by atoms with Gasteiger partial charge < -0.3 is 10.2 Å². The Morgan fingerprint density at radius 1 is 1.33 bits per heavy atom. The van der Waals surface area contributed by atoms with Gasteiger partial charge in [-0.1, -0.05) is 13.8 Å². The molecule has 1 fully saturated rings. The van der Waals surface area contributed by atoms with Crippen molar-refractivity contribution >= 4 is 5.82 Å². The minimum atomic E-state index is 0.148. The van der Waals surface area contributed by atoms with E-state index in [0.29, 0.717) is 0 Å². The highest BCUT2D eigenvalue weighted by Crippen LogP contribution is 2.23. The van der Waals surface area contributed by atoms with Gasteiger partial charge in [0.05, 0.1) is 0 Å². The van der Waals surface area contributed by atoms with Crippen LogP contribution in [0.5, 0.6) is 0 Å². The number of anilines is 1. The number of pyridine rings is 1. The summed E-state index contributed by atoms with van der Waals surface area (Å²) >= 11 is 0. The third-order valence-electron chi connectivity index (χ3n) is 4.09. The number of aryl methyl sites for hydroxylation is 1. The number of nitrogens with zero attached hydrogens (tertiary/aromatic N) is 2. The summed E-state index contributed by atoms with van der Waals surface area (Å²) in [5.41, 5.74) is 2.71. The lowest BCUT2D eigenvalue weighted by molar-refractivity contribution is 0.423. The van der Waals surface area contributed by atoms with Gasteiger partial charge in [-0.2, -0.15) is 0 Å². The third kappa shape index (κ3) is 4.99. The van der Waals surface area contributed by atoms with E-state index in [9.17, 15) is 0 Å². The molecule has 0 aromatic carbocycles.